The lowest BCUT2D eigenvalue weighted by Crippen LogP contribution is -2.50. The molecule has 8 heteroatoms. The van der Waals surface area contributed by atoms with Crippen LogP contribution in [0.2, 0.25) is 0 Å². The minimum atomic E-state index is -1.01. The predicted octanol–water partition coefficient (Wildman–Crippen LogP) is 6.47. The van der Waals surface area contributed by atoms with Crippen molar-refractivity contribution in [3.05, 3.63) is 161 Å². The van der Waals surface area contributed by atoms with E-state index < -0.39 is 11.6 Å². The van der Waals surface area contributed by atoms with Crippen molar-refractivity contribution < 1.29 is 19.1 Å². The van der Waals surface area contributed by atoms with Gasteiger partial charge in [0.2, 0.25) is 17.7 Å². The average Bonchev–Trinajstić information content (AvgIpc) is 3.23. The van der Waals surface area contributed by atoms with Gasteiger partial charge in [0.15, 0.2) is 0 Å². The Kier molecular flexibility index (Phi) is 9.52. The number of benzene rings is 5. The molecule has 1 atom stereocenters. The van der Waals surface area contributed by atoms with Gasteiger partial charge >= 0.3 is 0 Å². The summed E-state index contributed by atoms with van der Waals surface area (Å²) in [6.07, 6.45) is -0.112. The quantitative estimate of drug-likeness (QED) is 0.152. The monoisotopic (exact) mass is 638 g/mol. The van der Waals surface area contributed by atoms with E-state index in [1.807, 2.05) is 127 Å². The molecule has 0 aromatic heterocycles. The second-order valence-electron chi connectivity index (χ2n) is 11.9. The number of nitrogens with zero attached hydrogens (tertiary/aromatic N) is 1. The molecule has 8 nitrogen and oxygen atoms in total. The molecule has 0 saturated heterocycles. The third-order valence-electron chi connectivity index (χ3n) is 8.60. The normalized spacial score (nSPS) is 14.2. The van der Waals surface area contributed by atoms with Crippen LogP contribution in [0.1, 0.15) is 41.2 Å². The van der Waals surface area contributed by atoms with Gasteiger partial charge in [-0.3, -0.25) is 14.4 Å². The maximum atomic E-state index is 14.3. The number of ether oxygens (including phenoxy) is 1. The smallest absolute Gasteiger partial charge is 0.246 e. The maximum Gasteiger partial charge on any atom is 0.246 e. The summed E-state index contributed by atoms with van der Waals surface area (Å²) in [6.45, 7) is 2.08. The Morgan fingerprint density at radius 3 is 1.90 bits per heavy atom. The molecule has 1 aliphatic rings. The zero-order valence-electron chi connectivity index (χ0n) is 27.0. The van der Waals surface area contributed by atoms with E-state index in [4.69, 9.17) is 4.74 Å². The molecule has 0 spiro atoms. The van der Waals surface area contributed by atoms with Gasteiger partial charge in [-0.15, -0.1) is 0 Å². The molecule has 3 amide bonds. The molecule has 6 rings (SSSR count). The number of nitrogens with one attached hydrogen (secondary N) is 3. The van der Waals surface area contributed by atoms with Gasteiger partial charge in [-0.1, -0.05) is 103 Å². The summed E-state index contributed by atoms with van der Waals surface area (Å²) in [6, 6.07) is 41.9. The summed E-state index contributed by atoms with van der Waals surface area (Å²) >= 11 is 0. The number of carbonyl (C=O) groups is 3. The Balaban J connectivity index is 1.36. The van der Waals surface area contributed by atoms with Crippen LogP contribution in [0.25, 0.3) is 0 Å². The van der Waals surface area contributed by atoms with E-state index in [0.29, 0.717) is 18.8 Å². The fourth-order valence-electron chi connectivity index (χ4n) is 6.35. The SMILES string of the molecule is COc1ccc(CN2Cc3cc(NC(C)=O)ccc3N[C@@H](CC(=O)NC(c3ccccc3)(c3ccccc3)c3ccccc3)C2=O)cc1. The Hall–Kier alpha value is -5.89. The van der Waals surface area contributed by atoms with Crippen molar-refractivity contribution in [1.82, 2.24) is 10.2 Å². The van der Waals surface area contributed by atoms with Crippen molar-refractivity contribution in [2.45, 2.75) is 38.0 Å². The summed E-state index contributed by atoms with van der Waals surface area (Å²) in [5.74, 6) is 0.0419. The van der Waals surface area contributed by atoms with Gasteiger partial charge in [-0.05, 0) is 58.1 Å². The summed E-state index contributed by atoms with van der Waals surface area (Å²) in [4.78, 5) is 42.2. The first-order chi connectivity index (χ1) is 23.4. The number of hydrogen-bond acceptors (Lipinski definition) is 5. The molecule has 0 bridgehead atoms. The number of methoxy groups -OCH3 is 1. The highest BCUT2D eigenvalue weighted by molar-refractivity contribution is 5.93. The van der Waals surface area contributed by atoms with Crippen LogP contribution >= 0.6 is 0 Å². The minimum Gasteiger partial charge on any atom is -0.497 e. The molecule has 0 aliphatic carbocycles. The van der Waals surface area contributed by atoms with E-state index in [9.17, 15) is 14.4 Å². The number of rotatable bonds is 10. The largest absolute Gasteiger partial charge is 0.497 e. The van der Waals surface area contributed by atoms with Crippen LogP contribution in [0, 0.1) is 0 Å². The topological polar surface area (TPSA) is 99.8 Å². The molecule has 1 aliphatic heterocycles. The van der Waals surface area contributed by atoms with Gasteiger partial charge in [-0.25, -0.2) is 0 Å². The Bertz CT molecular complexity index is 1780. The molecular formula is C40H38N4O4. The molecule has 0 unspecified atom stereocenters. The van der Waals surface area contributed by atoms with E-state index in [1.54, 1.807) is 18.1 Å². The third kappa shape index (κ3) is 6.93. The molecule has 242 valence electrons. The van der Waals surface area contributed by atoms with Crippen molar-refractivity contribution in [3.8, 4) is 5.75 Å². The van der Waals surface area contributed by atoms with Crippen LogP contribution in [0.4, 0.5) is 11.4 Å². The standard InChI is InChI=1S/C40H38N4O4/c1-28(45)41-34-20-23-36-30(24-34)27-44(26-29-18-21-35(48-2)22-19-29)39(47)37(42-36)25-38(46)43-40(31-12-6-3-7-13-31,32-14-8-4-9-15-32)33-16-10-5-11-17-33/h3-24,37,42H,25-27H2,1-2H3,(H,41,45)(H,43,46)/t37-/m0/s1. The van der Waals surface area contributed by atoms with Crippen molar-refractivity contribution in [2.75, 3.05) is 17.7 Å². The van der Waals surface area contributed by atoms with Crippen LogP contribution in [0.15, 0.2) is 133 Å². The number of carbonyl (C=O) groups excluding carboxylic acids is 3. The minimum absolute atomic E-state index is 0.112. The maximum absolute atomic E-state index is 14.3. The molecule has 3 N–H and O–H groups in total. The lowest BCUT2D eigenvalue weighted by atomic mass is 9.77. The number of fused-ring (bicyclic) bond motifs is 1. The van der Waals surface area contributed by atoms with Crippen molar-refractivity contribution in [2.24, 2.45) is 0 Å². The van der Waals surface area contributed by atoms with E-state index in [0.717, 1.165) is 39.3 Å². The zero-order chi connectivity index (χ0) is 33.5. The molecule has 5 aromatic rings. The zero-order valence-corrected chi connectivity index (χ0v) is 27.0. The molecular weight excluding hydrogens is 600 g/mol. The Labute approximate surface area is 280 Å². The van der Waals surface area contributed by atoms with Crippen LogP contribution in [-0.2, 0) is 33.0 Å². The van der Waals surface area contributed by atoms with Crippen LogP contribution < -0.4 is 20.7 Å². The number of amides is 3. The summed E-state index contributed by atoms with van der Waals surface area (Å²) in [5.41, 5.74) is 4.79. The van der Waals surface area contributed by atoms with Gasteiger partial charge in [0, 0.05) is 31.4 Å². The number of anilines is 2. The highest BCUT2D eigenvalue weighted by Crippen LogP contribution is 2.37. The van der Waals surface area contributed by atoms with E-state index in [1.165, 1.54) is 6.92 Å². The predicted molar refractivity (Wildman–Crippen MR) is 187 cm³/mol. The molecule has 1 heterocycles. The van der Waals surface area contributed by atoms with Crippen LogP contribution in [0.5, 0.6) is 5.75 Å². The third-order valence-corrected chi connectivity index (χ3v) is 8.60. The summed E-state index contributed by atoms with van der Waals surface area (Å²) in [5, 5.41) is 9.59. The van der Waals surface area contributed by atoms with E-state index in [-0.39, 0.29) is 24.1 Å². The Morgan fingerprint density at radius 2 is 1.38 bits per heavy atom. The average molecular weight is 639 g/mol. The second-order valence-corrected chi connectivity index (χ2v) is 11.9. The lowest BCUT2D eigenvalue weighted by molar-refractivity contribution is -0.135. The molecule has 0 radical (unpaired) electrons. The first-order valence-corrected chi connectivity index (χ1v) is 15.9. The van der Waals surface area contributed by atoms with E-state index >= 15 is 0 Å². The second kappa shape index (κ2) is 14.3. The van der Waals surface area contributed by atoms with Gasteiger partial charge < -0.3 is 25.6 Å². The van der Waals surface area contributed by atoms with Gasteiger partial charge in [-0.2, -0.15) is 0 Å². The highest BCUT2D eigenvalue weighted by Gasteiger charge is 2.39. The molecule has 48 heavy (non-hydrogen) atoms. The fraction of sp³-hybridized carbons (Fsp3) is 0.175. The molecule has 5 aromatic carbocycles. The van der Waals surface area contributed by atoms with Crippen molar-refractivity contribution in [1.29, 1.82) is 0 Å². The van der Waals surface area contributed by atoms with Crippen molar-refractivity contribution >= 4 is 29.1 Å². The van der Waals surface area contributed by atoms with Gasteiger partial charge in [0.1, 0.15) is 17.3 Å². The Morgan fingerprint density at radius 1 is 0.812 bits per heavy atom. The lowest BCUT2D eigenvalue weighted by Gasteiger charge is -2.37. The number of hydrogen-bond donors (Lipinski definition) is 3. The highest BCUT2D eigenvalue weighted by atomic mass is 16.5. The summed E-state index contributed by atoms with van der Waals surface area (Å²) in [7, 11) is 1.61. The van der Waals surface area contributed by atoms with Gasteiger partial charge in [0.05, 0.1) is 13.5 Å². The molecule has 0 fully saturated rings. The first-order valence-electron chi connectivity index (χ1n) is 15.9. The van der Waals surface area contributed by atoms with Gasteiger partial charge in [0.25, 0.3) is 0 Å². The summed E-state index contributed by atoms with van der Waals surface area (Å²) < 4.78 is 5.32. The van der Waals surface area contributed by atoms with E-state index in [2.05, 4.69) is 16.0 Å². The first kappa shape index (κ1) is 32.1. The van der Waals surface area contributed by atoms with Crippen LogP contribution in [-0.4, -0.2) is 35.8 Å². The van der Waals surface area contributed by atoms with Crippen molar-refractivity contribution in [3.63, 3.8) is 0 Å². The molecule has 0 saturated carbocycles. The van der Waals surface area contributed by atoms with Crippen LogP contribution in [0.3, 0.4) is 0 Å². The fourth-order valence-corrected chi connectivity index (χ4v) is 6.35.